The number of nitrogens with zero attached hydrogens (tertiary/aromatic N) is 1. The minimum atomic E-state index is -4.52. The third kappa shape index (κ3) is 6.52. The van der Waals surface area contributed by atoms with E-state index in [-0.39, 0.29) is 23.9 Å². The molecule has 0 unspecified atom stereocenters. The van der Waals surface area contributed by atoms with Gasteiger partial charge in [0, 0.05) is 5.69 Å². The van der Waals surface area contributed by atoms with E-state index < -0.39 is 24.3 Å². The molecule has 0 atom stereocenters. The van der Waals surface area contributed by atoms with Gasteiger partial charge in [0.1, 0.15) is 10.1 Å². The Bertz CT molecular complexity index is 1360. The maximum atomic E-state index is 12.9. The van der Waals surface area contributed by atoms with Gasteiger partial charge in [0.2, 0.25) is 0 Å². The lowest BCUT2D eigenvalue weighted by atomic mass is 10.2. The van der Waals surface area contributed by atoms with Crippen molar-refractivity contribution in [2.75, 3.05) is 19.0 Å². The molecule has 192 valence electrons. The number of furan rings is 1. The van der Waals surface area contributed by atoms with Crippen molar-refractivity contribution in [3.8, 4) is 11.5 Å². The van der Waals surface area contributed by atoms with Gasteiger partial charge in [-0.25, -0.2) is 0 Å². The molecule has 37 heavy (non-hydrogen) atoms. The van der Waals surface area contributed by atoms with E-state index in [0.29, 0.717) is 26.3 Å². The number of carbonyl (C=O) groups is 2. The number of methoxy groups -OCH3 is 1. The molecule has 1 aliphatic heterocycles. The van der Waals surface area contributed by atoms with Gasteiger partial charge in [0.05, 0.1) is 30.4 Å². The van der Waals surface area contributed by atoms with Crippen LogP contribution in [0.15, 0.2) is 70.2 Å². The van der Waals surface area contributed by atoms with Crippen LogP contribution in [0.25, 0.3) is 6.08 Å². The summed E-state index contributed by atoms with van der Waals surface area (Å²) in [5.74, 6) is 0.247. The third-order valence-corrected chi connectivity index (χ3v) is 6.46. The smallest absolute Gasteiger partial charge is 0.416 e. The number of ether oxygens (including phenoxy) is 2. The van der Waals surface area contributed by atoms with E-state index in [0.717, 1.165) is 12.1 Å². The zero-order chi connectivity index (χ0) is 26.6. The molecular weight excluding hydrogens is 529 g/mol. The topological polar surface area (TPSA) is 81.0 Å². The number of carbonyl (C=O) groups excluding carboxylic acids is 2. The fourth-order valence-corrected chi connectivity index (χ4v) is 4.61. The molecule has 7 nitrogen and oxygen atoms in total. The lowest BCUT2D eigenvalue weighted by Gasteiger charge is -2.13. The second-order valence-corrected chi connectivity index (χ2v) is 9.35. The van der Waals surface area contributed by atoms with Crippen LogP contribution in [-0.4, -0.2) is 34.8 Å². The molecule has 0 radical (unpaired) electrons. The van der Waals surface area contributed by atoms with E-state index in [1.54, 1.807) is 36.4 Å². The van der Waals surface area contributed by atoms with Gasteiger partial charge in [-0.15, -0.1) is 0 Å². The van der Waals surface area contributed by atoms with E-state index in [1.165, 1.54) is 42.2 Å². The van der Waals surface area contributed by atoms with Crippen LogP contribution in [0.3, 0.4) is 0 Å². The maximum Gasteiger partial charge on any atom is 0.416 e. The Morgan fingerprint density at radius 1 is 1.16 bits per heavy atom. The molecule has 0 spiro atoms. The summed E-state index contributed by atoms with van der Waals surface area (Å²) >= 11 is 6.50. The molecule has 1 fully saturated rings. The van der Waals surface area contributed by atoms with Crippen molar-refractivity contribution >= 4 is 51.9 Å². The monoisotopic (exact) mass is 548 g/mol. The maximum absolute atomic E-state index is 12.9. The summed E-state index contributed by atoms with van der Waals surface area (Å²) in [6.07, 6.45) is -1.34. The van der Waals surface area contributed by atoms with Crippen molar-refractivity contribution in [3.63, 3.8) is 0 Å². The molecule has 3 aromatic rings. The van der Waals surface area contributed by atoms with Crippen molar-refractivity contribution in [2.24, 2.45) is 0 Å². The first-order valence-corrected chi connectivity index (χ1v) is 11.9. The summed E-state index contributed by atoms with van der Waals surface area (Å²) in [6, 6.07) is 12.6. The fourth-order valence-electron chi connectivity index (χ4n) is 3.35. The van der Waals surface area contributed by atoms with Gasteiger partial charge in [-0.1, -0.05) is 36.1 Å². The third-order valence-electron chi connectivity index (χ3n) is 5.09. The summed E-state index contributed by atoms with van der Waals surface area (Å²) in [4.78, 5) is 26.9. The van der Waals surface area contributed by atoms with Crippen molar-refractivity contribution in [1.29, 1.82) is 0 Å². The van der Waals surface area contributed by atoms with Crippen LogP contribution in [0.2, 0.25) is 0 Å². The highest BCUT2D eigenvalue weighted by molar-refractivity contribution is 8.26. The van der Waals surface area contributed by atoms with Gasteiger partial charge >= 0.3 is 6.18 Å². The molecule has 4 rings (SSSR count). The van der Waals surface area contributed by atoms with Gasteiger partial charge in [0.15, 0.2) is 18.1 Å². The van der Waals surface area contributed by atoms with Gasteiger partial charge in [-0.05, 0) is 54.1 Å². The lowest BCUT2D eigenvalue weighted by molar-refractivity contribution is -0.137. The zero-order valence-electron chi connectivity index (χ0n) is 19.2. The summed E-state index contributed by atoms with van der Waals surface area (Å²) in [5.41, 5.74) is -0.243. The van der Waals surface area contributed by atoms with Gasteiger partial charge in [-0.3, -0.25) is 14.5 Å². The first-order valence-electron chi connectivity index (χ1n) is 10.7. The number of hydrogen-bond acceptors (Lipinski definition) is 7. The Kier molecular flexibility index (Phi) is 7.89. The van der Waals surface area contributed by atoms with Crippen LogP contribution in [0.1, 0.15) is 16.9 Å². The van der Waals surface area contributed by atoms with Crippen LogP contribution < -0.4 is 14.8 Å². The average Bonchev–Trinajstić information content (AvgIpc) is 3.47. The summed E-state index contributed by atoms with van der Waals surface area (Å²) < 4.78 is 55.2. The fraction of sp³-hybridized carbons (Fsp3) is 0.160. The van der Waals surface area contributed by atoms with Crippen LogP contribution in [-0.2, 0) is 22.3 Å². The number of halogens is 3. The van der Waals surface area contributed by atoms with Gasteiger partial charge in [-0.2, -0.15) is 13.2 Å². The molecule has 1 aliphatic rings. The molecule has 1 aromatic heterocycles. The molecule has 2 aromatic carbocycles. The number of alkyl halides is 3. The molecular formula is C25H19F3N2O5S2. The van der Waals surface area contributed by atoms with E-state index in [4.69, 9.17) is 26.1 Å². The SMILES string of the molecule is COc1cc(/C=C2\SC(=S)N(Cc3ccco3)C2=O)ccc1OCC(=O)Nc1cccc(C(F)(F)F)c1. The number of hydrogen-bond donors (Lipinski definition) is 1. The first-order chi connectivity index (χ1) is 17.6. The second kappa shape index (κ2) is 11.1. The van der Waals surface area contributed by atoms with Gasteiger partial charge in [0.25, 0.3) is 11.8 Å². The Morgan fingerprint density at radius 3 is 2.68 bits per heavy atom. The van der Waals surface area contributed by atoms with E-state index >= 15 is 0 Å². The summed E-state index contributed by atoms with van der Waals surface area (Å²) in [7, 11) is 1.41. The van der Waals surface area contributed by atoms with Crippen molar-refractivity contribution in [2.45, 2.75) is 12.7 Å². The lowest BCUT2D eigenvalue weighted by Crippen LogP contribution is -2.27. The highest BCUT2D eigenvalue weighted by Crippen LogP contribution is 2.36. The second-order valence-electron chi connectivity index (χ2n) is 7.67. The Morgan fingerprint density at radius 2 is 1.97 bits per heavy atom. The zero-order valence-corrected chi connectivity index (χ0v) is 20.8. The molecule has 1 N–H and O–H groups in total. The van der Waals surface area contributed by atoms with Crippen molar-refractivity contribution in [1.82, 2.24) is 4.90 Å². The number of amides is 2. The van der Waals surface area contributed by atoms with Crippen LogP contribution in [0.4, 0.5) is 18.9 Å². The van der Waals surface area contributed by atoms with Crippen LogP contribution in [0.5, 0.6) is 11.5 Å². The quantitative estimate of drug-likeness (QED) is 0.285. The molecule has 0 bridgehead atoms. The van der Waals surface area contributed by atoms with Gasteiger partial charge < -0.3 is 19.2 Å². The first kappa shape index (κ1) is 26.3. The Hall–Kier alpha value is -3.77. The predicted molar refractivity (Wildman–Crippen MR) is 136 cm³/mol. The number of rotatable bonds is 8. The van der Waals surface area contributed by atoms with E-state index in [9.17, 15) is 22.8 Å². The van der Waals surface area contributed by atoms with E-state index in [2.05, 4.69) is 5.32 Å². The van der Waals surface area contributed by atoms with Crippen LogP contribution >= 0.6 is 24.0 Å². The number of benzene rings is 2. The highest BCUT2D eigenvalue weighted by Gasteiger charge is 2.33. The molecule has 1 saturated heterocycles. The van der Waals surface area contributed by atoms with E-state index in [1.807, 2.05) is 0 Å². The number of thiocarbonyl (C=S) groups is 1. The molecule has 0 aliphatic carbocycles. The minimum Gasteiger partial charge on any atom is -0.493 e. The Labute approximate surface area is 219 Å². The number of thioether (sulfide) groups is 1. The van der Waals surface area contributed by atoms with Crippen molar-refractivity contribution in [3.05, 3.63) is 82.7 Å². The largest absolute Gasteiger partial charge is 0.493 e. The number of nitrogens with one attached hydrogen (secondary N) is 1. The normalized spacial score (nSPS) is 14.8. The average molecular weight is 549 g/mol. The van der Waals surface area contributed by atoms with Crippen LogP contribution in [0, 0.1) is 0 Å². The highest BCUT2D eigenvalue weighted by atomic mass is 32.2. The molecule has 2 heterocycles. The summed E-state index contributed by atoms with van der Waals surface area (Å²) in [6.45, 7) is -0.231. The number of anilines is 1. The Balaban J connectivity index is 1.40. The molecule has 2 amide bonds. The standard InChI is InChI=1S/C25H19F3N2O5S2/c1-33-20-10-15(11-21-23(32)30(24(36)37-21)13-18-6-3-9-34-18)7-8-19(20)35-14-22(31)29-17-5-2-4-16(12-17)25(26,27)28/h2-12H,13-14H2,1H3,(H,29,31)/b21-11-. The molecule has 0 saturated carbocycles. The summed E-state index contributed by atoms with van der Waals surface area (Å²) in [5, 5.41) is 2.37. The predicted octanol–water partition coefficient (Wildman–Crippen LogP) is 5.73. The minimum absolute atomic E-state index is 0.00454. The molecule has 12 heteroatoms. The van der Waals surface area contributed by atoms with Crippen molar-refractivity contribution < 1.29 is 36.7 Å².